The van der Waals surface area contributed by atoms with Crippen molar-refractivity contribution in [3.63, 3.8) is 0 Å². The molecule has 7 nitrogen and oxygen atoms in total. The smallest absolute Gasteiger partial charge is 0.156 e. The molecular formula is C24H32N7+. The van der Waals surface area contributed by atoms with Gasteiger partial charge in [0.2, 0.25) is 0 Å². The molecule has 31 heavy (non-hydrogen) atoms. The van der Waals surface area contributed by atoms with Crippen LogP contribution in [0.2, 0.25) is 0 Å². The van der Waals surface area contributed by atoms with Crippen LogP contribution in [0.3, 0.4) is 0 Å². The number of aromatic nitrogens is 1. The minimum atomic E-state index is -0.257. The molecule has 1 aromatic carbocycles. The van der Waals surface area contributed by atoms with Gasteiger partial charge in [-0.2, -0.15) is 0 Å². The summed E-state index contributed by atoms with van der Waals surface area (Å²) in [5.41, 5.74) is 23.4. The molecule has 2 heterocycles. The molecule has 5 atom stereocenters. The van der Waals surface area contributed by atoms with Crippen molar-refractivity contribution in [2.75, 3.05) is 25.6 Å². The Kier molecular flexibility index (Phi) is 4.06. The number of benzene rings is 1. The Labute approximate surface area is 183 Å². The van der Waals surface area contributed by atoms with Crippen LogP contribution in [0.25, 0.3) is 0 Å². The Bertz CT molecular complexity index is 1120. The zero-order chi connectivity index (χ0) is 22.3. The molecule has 0 saturated heterocycles. The molecule has 2 aromatic rings. The Balaban J connectivity index is 1.83. The molecule has 162 valence electrons. The molecule has 3 unspecified atom stereocenters. The van der Waals surface area contributed by atoms with Gasteiger partial charge in [0.15, 0.2) is 5.69 Å². The number of amidine groups is 1. The van der Waals surface area contributed by atoms with E-state index in [1.54, 1.807) is 0 Å². The van der Waals surface area contributed by atoms with Crippen molar-refractivity contribution >= 4 is 29.2 Å². The van der Waals surface area contributed by atoms with Gasteiger partial charge in [-0.05, 0) is 50.2 Å². The van der Waals surface area contributed by atoms with Crippen LogP contribution in [0.15, 0.2) is 24.4 Å². The van der Waals surface area contributed by atoms with Crippen LogP contribution in [-0.4, -0.2) is 31.1 Å². The second-order valence-electron chi connectivity index (χ2n) is 10.2. The molecule has 7 heteroatoms. The molecule has 2 aliphatic carbocycles. The Morgan fingerprint density at radius 1 is 1.23 bits per heavy atom. The fourth-order valence-electron chi connectivity index (χ4n) is 7.25. The van der Waals surface area contributed by atoms with Crippen LogP contribution in [0.4, 0.5) is 17.2 Å². The zero-order valence-corrected chi connectivity index (χ0v) is 18.4. The molecule has 2 bridgehead atoms. The summed E-state index contributed by atoms with van der Waals surface area (Å²) in [6, 6.07) is 6.02. The van der Waals surface area contributed by atoms with Crippen molar-refractivity contribution in [1.29, 1.82) is 10.8 Å². The number of rotatable bonds is 3. The molecule has 1 aromatic heterocycles. The first-order valence-electron chi connectivity index (χ1n) is 11.0. The third-order valence-corrected chi connectivity index (χ3v) is 8.90. The van der Waals surface area contributed by atoms with Gasteiger partial charge >= 0.3 is 0 Å². The van der Waals surface area contributed by atoms with Crippen molar-refractivity contribution in [2.45, 2.75) is 37.6 Å². The van der Waals surface area contributed by atoms with Gasteiger partial charge in [-0.1, -0.05) is 6.07 Å². The number of nitrogens with two attached hydrogens (primary N) is 3. The summed E-state index contributed by atoms with van der Waals surface area (Å²) in [6.45, 7) is 2.35. The minimum absolute atomic E-state index is 0.00510. The highest BCUT2D eigenvalue weighted by Crippen LogP contribution is 2.68. The van der Waals surface area contributed by atoms with Gasteiger partial charge in [0.1, 0.15) is 17.2 Å². The van der Waals surface area contributed by atoms with Gasteiger partial charge in [0, 0.05) is 46.0 Å². The van der Waals surface area contributed by atoms with Crippen molar-refractivity contribution < 1.29 is 0 Å². The Morgan fingerprint density at radius 2 is 1.94 bits per heavy atom. The number of nitrogens with one attached hydrogen (secondary N) is 2. The van der Waals surface area contributed by atoms with E-state index in [9.17, 15) is 0 Å². The number of fused-ring (bicyclic) bond motifs is 7. The largest absolute Gasteiger partial charge is 0.398 e. The monoisotopic (exact) mass is 418 g/mol. The first-order valence-corrected chi connectivity index (χ1v) is 11.0. The normalized spacial score (nSPS) is 32.4. The number of quaternary nitrogens is 1. The van der Waals surface area contributed by atoms with E-state index >= 15 is 0 Å². The van der Waals surface area contributed by atoms with Gasteiger partial charge in [0.05, 0.1) is 20.3 Å². The van der Waals surface area contributed by atoms with Crippen LogP contribution in [0.1, 0.15) is 54.4 Å². The van der Waals surface area contributed by atoms with Crippen LogP contribution >= 0.6 is 0 Å². The number of anilines is 2. The Morgan fingerprint density at radius 3 is 2.61 bits per heavy atom. The molecule has 0 amide bonds. The highest BCUT2D eigenvalue weighted by Gasteiger charge is 2.66. The first-order chi connectivity index (χ1) is 14.6. The van der Waals surface area contributed by atoms with Crippen molar-refractivity contribution in [1.82, 2.24) is 9.47 Å². The van der Waals surface area contributed by atoms with Crippen molar-refractivity contribution in [2.24, 2.45) is 23.5 Å². The maximum atomic E-state index is 8.10. The van der Waals surface area contributed by atoms with Crippen LogP contribution in [-0.2, 0) is 5.54 Å². The average Bonchev–Trinajstić information content (AvgIpc) is 3.34. The van der Waals surface area contributed by atoms with Gasteiger partial charge in [0.25, 0.3) is 0 Å². The van der Waals surface area contributed by atoms with E-state index in [1.165, 1.54) is 31.0 Å². The van der Waals surface area contributed by atoms with E-state index < -0.39 is 0 Å². The van der Waals surface area contributed by atoms with Gasteiger partial charge in [-0.15, -0.1) is 0 Å². The molecular weight excluding hydrogens is 386 g/mol. The lowest BCUT2D eigenvalue weighted by atomic mass is 9.59. The van der Waals surface area contributed by atoms with E-state index in [-0.39, 0.29) is 11.4 Å². The summed E-state index contributed by atoms with van der Waals surface area (Å²) >= 11 is 0. The highest BCUT2D eigenvalue weighted by molar-refractivity contribution is 6.00. The lowest BCUT2D eigenvalue weighted by Gasteiger charge is -2.58. The van der Waals surface area contributed by atoms with Crippen LogP contribution in [0.5, 0.6) is 0 Å². The third kappa shape index (κ3) is 2.35. The summed E-state index contributed by atoms with van der Waals surface area (Å²) in [7, 11) is 4.47. The van der Waals surface area contributed by atoms with Gasteiger partial charge < -0.3 is 22.6 Å². The van der Waals surface area contributed by atoms with Crippen molar-refractivity contribution in [3.05, 3.63) is 46.6 Å². The molecule has 0 spiro atoms. The number of nitrogen functional groups attached to an aromatic ring is 3. The number of hydrogen-bond donors (Lipinski definition) is 5. The van der Waals surface area contributed by atoms with Gasteiger partial charge in [-0.25, -0.2) is 4.98 Å². The second kappa shape index (κ2) is 6.29. The maximum Gasteiger partial charge on any atom is 0.156 e. The van der Waals surface area contributed by atoms with E-state index in [0.29, 0.717) is 45.2 Å². The fourth-order valence-corrected chi connectivity index (χ4v) is 7.25. The number of nitrogens with zero attached hydrogens (tertiary/aromatic N) is 2. The summed E-state index contributed by atoms with van der Waals surface area (Å²) in [5, 5.41) is 16.1. The first kappa shape index (κ1) is 20.0. The molecule has 8 N–H and O–H groups in total. The standard InChI is InChI=1S/C24H32N7/c1-24(14-6-7-17(26)15(9-14)22(27)28)21-13-5-4-12(8-13)19(21)20-16(10-25)23(29)30-11-18(20)31(24,2)3/h6-7,9-13,19,21,25H,4-5,8,26H2,1-3H3,(H3,27,28)(H2,29,30)/q+1/t12?,13?,19-,21-,24?/m1/s1. The topological polar surface area (TPSA) is 139 Å². The second-order valence-corrected chi connectivity index (χ2v) is 10.2. The lowest BCUT2D eigenvalue weighted by molar-refractivity contribution is 0.0310. The molecule has 1 aliphatic heterocycles. The predicted octanol–water partition coefficient (Wildman–Crippen LogP) is 3.15. The van der Waals surface area contributed by atoms with Crippen LogP contribution in [0, 0.1) is 28.6 Å². The number of hydrogen-bond acceptors (Lipinski definition) is 5. The molecule has 2 fully saturated rings. The predicted molar refractivity (Wildman–Crippen MR) is 126 cm³/mol. The summed E-state index contributed by atoms with van der Waals surface area (Å²) < 4.78 is 0.599. The Hall–Kier alpha value is -2.93. The average molecular weight is 419 g/mol. The number of pyridine rings is 1. The molecule has 2 saturated carbocycles. The van der Waals surface area contributed by atoms with Gasteiger partial charge in [-0.3, -0.25) is 9.89 Å². The lowest BCUT2D eigenvalue weighted by Crippen LogP contribution is -2.65. The van der Waals surface area contributed by atoms with Crippen molar-refractivity contribution in [3.8, 4) is 0 Å². The van der Waals surface area contributed by atoms with Crippen LogP contribution < -0.4 is 21.7 Å². The van der Waals surface area contributed by atoms with E-state index in [2.05, 4.69) is 32.1 Å². The summed E-state index contributed by atoms with van der Waals surface area (Å²) in [5.74, 6) is 2.43. The van der Waals surface area contributed by atoms with E-state index in [1.807, 2.05) is 18.3 Å². The third-order valence-electron chi connectivity index (χ3n) is 8.90. The minimum Gasteiger partial charge on any atom is -0.398 e. The quantitative estimate of drug-likeness (QED) is 0.226. The SMILES string of the molecule is CC1(c2ccc(N)c(C(=N)N)c2)[C@@H]2C3CCC(C3)[C@@H]2c2c(cnc(N)c2C=N)[N+]1(C)C. The van der Waals surface area contributed by atoms with E-state index in [0.717, 1.165) is 16.8 Å². The van der Waals surface area contributed by atoms with E-state index in [4.69, 9.17) is 28.0 Å². The molecule has 3 aliphatic rings. The summed E-state index contributed by atoms with van der Waals surface area (Å²) in [4.78, 5) is 4.49. The molecule has 0 radical (unpaired) electrons. The summed E-state index contributed by atoms with van der Waals surface area (Å²) in [6.07, 6.45) is 7.00. The zero-order valence-electron chi connectivity index (χ0n) is 18.4. The molecule has 5 rings (SSSR count). The maximum absolute atomic E-state index is 8.10. The fraction of sp³-hybridized carbons (Fsp3) is 0.458. The highest BCUT2D eigenvalue weighted by atomic mass is 15.4.